The van der Waals surface area contributed by atoms with Crippen LogP contribution in [-0.2, 0) is 16.1 Å². The second-order valence-corrected chi connectivity index (χ2v) is 5.54. The van der Waals surface area contributed by atoms with E-state index in [1.54, 1.807) is 0 Å². The lowest BCUT2D eigenvalue weighted by atomic mass is 10.1. The monoisotopic (exact) mass is 359 g/mol. The fraction of sp³-hybridized carbons (Fsp3) is 0.333. The highest BCUT2D eigenvalue weighted by molar-refractivity contribution is 5.90. The second-order valence-electron chi connectivity index (χ2n) is 5.54. The minimum atomic E-state index is -0.644. The van der Waals surface area contributed by atoms with Gasteiger partial charge in [0.15, 0.2) is 5.82 Å². The second kappa shape index (κ2) is 7.14. The number of carbonyl (C=O) groups excluding carboxylic acids is 2. The lowest BCUT2D eigenvalue weighted by molar-refractivity contribution is -0.119. The van der Waals surface area contributed by atoms with Gasteiger partial charge in [0.05, 0.1) is 30.4 Å². The summed E-state index contributed by atoms with van der Waals surface area (Å²) in [4.78, 5) is 24.2. The normalized spacial score (nSPS) is 16.3. The number of hydrogen-bond acceptors (Lipinski definition) is 7. The lowest BCUT2D eigenvalue weighted by Gasteiger charge is -2.14. The molecule has 1 aliphatic heterocycles. The van der Waals surface area contributed by atoms with Gasteiger partial charge in [0.1, 0.15) is 18.5 Å². The van der Waals surface area contributed by atoms with Crippen LogP contribution >= 0.6 is 0 Å². The number of tetrazole rings is 1. The van der Waals surface area contributed by atoms with E-state index in [1.165, 1.54) is 34.7 Å². The zero-order valence-electron chi connectivity index (χ0n) is 13.7. The summed E-state index contributed by atoms with van der Waals surface area (Å²) in [6.07, 6.45) is -1.14. The summed E-state index contributed by atoms with van der Waals surface area (Å²) in [5.41, 5.74) is 0.414. The number of anilines is 1. The highest BCUT2D eigenvalue weighted by atomic mass is 19.1. The maximum Gasteiger partial charge on any atom is 0.414 e. The van der Waals surface area contributed by atoms with E-state index in [1.807, 2.05) is 6.07 Å². The fourth-order valence-corrected chi connectivity index (χ4v) is 2.52. The number of benzene rings is 1. The number of amides is 2. The van der Waals surface area contributed by atoms with E-state index in [0.717, 1.165) is 0 Å². The van der Waals surface area contributed by atoms with Crippen molar-refractivity contribution in [3.05, 3.63) is 24.0 Å². The predicted molar refractivity (Wildman–Crippen MR) is 85.1 cm³/mol. The van der Waals surface area contributed by atoms with Gasteiger partial charge in [-0.15, -0.1) is 5.10 Å². The average Bonchev–Trinajstić information content (AvgIpc) is 3.20. The van der Waals surface area contributed by atoms with E-state index in [9.17, 15) is 14.0 Å². The molecule has 1 aromatic heterocycles. The molecule has 11 heteroatoms. The summed E-state index contributed by atoms with van der Waals surface area (Å²) in [6.45, 7) is 1.61. The van der Waals surface area contributed by atoms with Crippen molar-refractivity contribution in [2.24, 2.45) is 0 Å². The van der Waals surface area contributed by atoms with Crippen LogP contribution in [0.2, 0.25) is 0 Å². The van der Waals surface area contributed by atoms with Gasteiger partial charge in [-0.1, -0.05) is 0 Å². The molecule has 1 saturated heterocycles. The molecule has 1 N–H and O–H groups in total. The zero-order valence-corrected chi connectivity index (χ0v) is 13.7. The van der Waals surface area contributed by atoms with E-state index in [0.29, 0.717) is 5.69 Å². The Hall–Kier alpha value is -3.55. The Bertz CT molecular complexity index is 892. The molecule has 2 aromatic rings. The smallest absolute Gasteiger partial charge is 0.414 e. The van der Waals surface area contributed by atoms with Gasteiger partial charge in [-0.25, -0.2) is 13.9 Å². The molecule has 2 amide bonds. The number of nitrogens with zero attached hydrogens (tertiary/aromatic N) is 6. The van der Waals surface area contributed by atoms with Gasteiger partial charge in [0.25, 0.3) is 0 Å². The van der Waals surface area contributed by atoms with Crippen molar-refractivity contribution < 1.29 is 18.7 Å². The van der Waals surface area contributed by atoms with Crippen molar-refractivity contribution in [1.29, 1.82) is 5.26 Å². The summed E-state index contributed by atoms with van der Waals surface area (Å²) in [6, 6.07) is 6.02. The lowest BCUT2D eigenvalue weighted by Crippen LogP contribution is -2.33. The number of carbonyl (C=O) groups is 2. The molecule has 3 rings (SSSR count). The van der Waals surface area contributed by atoms with Crippen molar-refractivity contribution in [2.75, 3.05) is 18.0 Å². The Labute approximate surface area is 147 Å². The molecule has 10 nitrogen and oxygen atoms in total. The molecule has 1 atom stereocenters. The minimum absolute atomic E-state index is 0.108. The van der Waals surface area contributed by atoms with Gasteiger partial charge >= 0.3 is 6.09 Å². The molecular formula is C15H14FN7O3. The summed E-state index contributed by atoms with van der Waals surface area (Å²) >= 11 is 0. The largest absolute Gasteiger partial charge is 0.442 e. The van der Waals surface area contributed by atoms with E-state index in [2.05, 4.69) is 20.8 Å². The third-order valence-electron chi connectivity index (χ3n) is 3.71. The van der Waals surface area contributed by atoms with Crippen LogP contribution < -0.4 is 10.2 Å². The molecule has 134 valence electrons. The predicted octanol–water partition coefficient (Wildman–Crippen LogP) is 0.464. The standard InChI is InChI=1S/C15H14FN7O3/c1-9(24)18-7-11-8-22(15(25)26-11)10-2-3-12(13(16)6-10)14-19-20-21-23(14)5-4-17/h2-3,6,11H,5,7-8H2,1H3,(H,18,24)/t11-/m0/s1. The molecule has 0 aliphatic carbocycles. The minimum Gasteiger partial charge on any atom is -0.442 e. The maximum absolute atomic E-state index is 14.5. The average molecular weight is 359 g/mol. The summed E-state index contributed by atoms with van der Waals surface area (Å²) < 4.78 is 20.9. The Morgan fingerprint density at radius 2 is 2.35 bits per heavy atom. The summed E-state index contributed by atoms with van der Waals surface area (Å²) in [5.74, 6) is -0.761. The van der Waals surface area contributed by atoms with Crippen molar-refractivity contribution in [2.45, 2.75) is 19.6 Å². The first-order valence-corrected chi connectivity index (χ1v) is 7.65. The van der Waals surface area contributed by atoms with Crippen LogP contribution in [0, 0.1) is 17.1 Å². The topological polar surface area (TPSA) is 126 Å². The molecule has 0 radical (unpaired) electrons. The third kappa shape index (κ3) is 3.44. The van der Waals surface area contributed by atoms with Gasteiger partial charge in [-0.05, 0) is 28.6 Å². The van der Waals surface area contributed by atoms with Gasteiger partial charge < -0.3 is 10.1 Å². The number of halogens is 1. The summed E-state index contributed by atoms with van der Waals surface area (Å²) in [7, 11) is 0. The van der Waals surface area contributed by atoms with Crippen molar-refractivity contribution in [3.63, 3.8) is 0 Å². The van der Waals surface area contributed by atoms with E-state index < -0.39 is 18.0 Å². The van der Waals surface area contributed by atoms with Crippen molar-refractivity contribution >= 4 is 17.7 Å². The van der Waals surface area contributed by atoms with Crippen LogP contribution in [0.3, 0.4) is 0 Å². The molecule has 1 aromatic carbocycles. The van der Waals surface area contributed by atoms with Crippen LogP contribution in [0.5, 0.6) is 0 Å². The van der Waals surface area contributed by atoms with Crippen molar-refractivity contribution in [1.82, 2.24) is 25.5 Å². The molecule has 1 aliphatic rings. The molecule has 1 fully saturated rings. The first-order valence-electron chi connectivity index (χ1n) is 7.65. The van der Waals surface area contributed by atoms with Crippen molar-refractivity contribution in [3.8, 4) is 17.5 Å². The zero-order chi connectivity index (χ0) is 18.7. The number of cyclic esters (lactones) is 1. The highest BCUT2D eigenvalue weighted by Gasteiger charge is 2.32. The van der Waals surface area contributed by atoms with Crippen LogP contribution in [0.25, 0.3) is 11.4 Å². The number of nitriles is 1. The van der Waals surface area contributed by atoms with Gasteiger partial charge in [0.2, 0.25) is 5.91 Å². The van der Waals surface area contributed by atoms with Crippen LogP contribution in [-0.4, -0.2) is 51.4 Å². The Morgan fingerprint density at radius 1 is 1.54 bits per heavy atom. The Kier molecular flexibility index (Phi) is 4.74. The van der Waals surface area contributed by atoms with E-state index in [4.69, 9.17) is 10.00 Å². The first kappa shape index (κ1) is 17.3. The van der Waals surface area contributed by atoms with Crippen LogP contribution in [0.1, 0.15) is 6.92 Å². The molecule has 26 heavy (non-hydrogen) atoms. The SMILES string of the molecule is CC(=O)NC[C@H]1CN(c2ccc(-c3nnnn3CC#N)c(F)c2)C(=O)O1. The number of ether oxygens (including phenoxy) is 1. The first-order chi connectivity index (χ1) is 12.5. The van der Waals surface area contributed by atoms with Gasteiger partial charge in [0, 0.05) is 6.92 Å². The fourth-order valence-electron chi connectivity index (χ4n) is 2.52. The third-order valence-corrected chi connectivity index (χ3v) is 3.71. The molecular weight excluding hydrogens is 345 g/mol. The number of hydrogen-bond donors (Lipinski definition) is 1. The molecule has 2 heterocycles. The Morgan fingerprint density at radius 3 is 3.04 bits per heavy atom. The molecule has 0 unspecified atom stereocenters. The van der Waals surface area contributed by atoms with Crippen LogP contribution in [0.15, 0.2) is 18.2 Å². The number of nitrogens with one attached hydrogen (secondary N) is 1. The number of aromatic nitrogens is 4. The van der Waals surface area contributed by atoms with E-state index in [-0.39, 0.29) is 36.9 Å². The highest BCUT2D eigenvalue weighted by Crippen LogP contribution is 2.27. The molecule has 0 spiro atoms. The molecule has 0 bridgehead atoms. The summed E-state index contributed by atoms with van der Waals surface area (Å²) in [5, 5.41) is 22.1. The number of rotatable bonds is 5. The van der Waals surface area contributed by atoms with Gasteiger partial charge in [-0.3, -0.25) is 9.69 Å². The van der Waals surface area contributed by atoms with Crippen LogP contribution in [0.4, 0.5) is 14.9 Å². The quantitative estimate of drug-likeness (QED) is 0.822. The molecule has 0 saturated carbocycles. The van der Waals surface area contributed by atoms with E-state index >= 15 is 0 Å². The Balaban J connectivity index is 1.79. The van der Waals surface area contributed by atoms with Gasteiger partial charge in [-0.2, -0.15) is 5.26 Å². The maximum atomic E-state index is 14.5.